The molecule has 3 N–H and O–H groups in total. The van der Waals surface area contributed by atoms with Crippen LogP contribution in [0.15, 0.2) is 0 Å². The molecule has 2 amide bonds. The molecule has 0 heterocycles. The Morgan fingerprint density at radius 1 is 1.33 bits per heavy atom. The molecular weight excluding hydrogens is 234 g/mol. The number of nitrogens with zero attached hydrogens (tertiary/aromatic N) is 1. The Labute approximate surface area is 108 Å². The number of nitrogens with one attached hydrogen (secondary N) is 2. The average Bonchev–Trinajstić information content (AvgIpc) is 2.20. The second-order valence-corrected chi connectivity index (χ2v) is 5.24. The molecule has 0 saturated heterocycles. The van der Waals surface area contributed by atoms with Crippen LogP contribution >= 0.6 is 0 Å². The predicted molar refractivity (Wildman–Crippen MR) is 68.5 cm³/mol. The van der Waals surface area contributed by atoms with E-state index in [2.05, 4.69) is 15.5 Å². The van der Waals surface area contributed by atoms with Gasteiger partial charge >= 0.3 is 12.0 Å². The Balaban J connectivity index is 2.23. The van der Waals surface area contributed by atoms with E-state index in [0.29, 0.717) is 6.54 Å². The van der Waals surface area contributed by atoms with E-state index in [1.165, 1.54) is 0 Å². The van der Waals surface area contributed by atoms with Gasteiger partial charge in [-0.3, -0.25) is 4.79 Å². The standard InChI is InChI=1S/C12H23N3O3/c1-15(2)8-4-7-13-11(18)14-12(5-3-6-12)9-10(16)17/h3-9H2,1-2H3,(H,16,17)(H2,13,14,18). The summed E-state index contributed by atoms with van der Waals surface area (Å²) in [6.45, 7) is 1.52. The van der Waals surface area contributed by atoms with Crippen molar-refractivity contribution >= 4 is 12.0 Å². The molecule has 0 spiro atoms. The molecule has 6 heteroatoms. The number of carbonyl (C=O) groups is 2. The lowest BCUT2D eigenvalue weighted by molar-refractivity contribution is -0.139. The van der Waals surface area contributed by atoms with E-state index in [0.717, 1.165) is 32.2 Å². The molecular formula is C12H23N3O3. The Kier molecular flexibility index (Phi) is 5.40. The van der Waals surface area contributed by atoms with Crippen LogP contribution in [0.25, 0.3) is 0 Å². The van der Waals surface area contributed by atoms with E-state index in [9.17, 15) is 9.59 Å². The van der Waals surface area contributed by atoms with Crippen LogP contribution < -0.4 is 10.6 Å². The Morgan fingerprint density at radius 3 is 2.44 bits per heavy atom. The Morgan fingerprint density at radius 2 is 2.00 bits per heavy atom. The van der Waals surface area contributed by atoms with Crippen LogP contribution in [0.2, 0.25) is 0 Å². The third-order valence-electron chi connectivity index (χ3n) is 3.25. The van der Waals surface area contributed by atoms with E-state index in [1.54, 1.807) is 0 Å². The summed E-state index contributed by atoms with van der Waals surface area (Å²) in [6.07, 6.45) is 3.38. The molecule has 1 aliphatic rings. The zero-order chi connectivity index (χ0) is 13.6. The summed E-state index contributed by atoms with van der Waals surface area (Å²) < 4.78 is 0. The number of amides is 2. The van der Waals surface area contributed by atoms with Crippen LogP contribution in [0, 0.1) is 0 Å². The van der Waals surface area contributed by atoms with Gasteiger partial charge in [0.05, 0.1) is 12.0 Å². The molecule has 0 unspecified atom stereocenters. The van der Waals surface area contributed by atoms with Crippen molar-refractivity contribution in [1.82, 2.24) is 15.5 Å². The molecule has 104 valence electrons. The minimum absolute atomic E-state index is 0.0120. The Bertz CT molecular complexity index is 301. The largest absolute Gasteiger partial charge is 0.481 e. The lowest BCUT2D eigenvalue weighted by Crippen LogP contribution is -2.57. The first-order valence-electron chi connectivity index (χ1n) is 6.36. The first kappa shape index (κ1) is 14.8. The fraction of sp³-hybridized carbons (Fsp3) is 0.833. The number of aliphatic carboxylic acids is 1. The van der Waals surface area contributed by atoms with Crippen molar-refractivity contribution in [3.05, 3.63) is 0 Å². The van der Waals surface area contributed by atoms with E-state index >= 15 is 0 Å². The monoisotopic (exact) mass is 257 g/mol. The average molecular weight is 257 g/mol. The van der Waals surface area contributed by atoms with Gasteiger partial charge in [0.15, 0.2) is 0 Å². The van der Waals surface area contributed by atoms with Gasteiger partial charge in [0.1, 0.15) is 0 Å². The van der Waals surface area contributed by atoms with Crippen LogP contribution in [0.1, 0.15) is 32.1 Å². The molecule has 0 aromatic carbocycles. The summed E-state index contributed by atoms with van der Waals surface area (Å²) >= 11 is 0. The Hall–Kier alpha value is -1.30. The number of hydrogen-bond acceptors (Lipinski definition) is 3. The number of hydrogen-bond donors (Lipinski definition) is 3. The number of rotatable bonds is 7. The molecule has 0 aromatic heterocycles. The van der Waals surface area contributed by atoms with Gasteiger partial charge in [-0.15, -0.1) is 0 Å². The summed E-state index contributed by atoms with van der Waals surface area (Å²) in [4.78, 5) is 24.4. The van der Waals surface area contributed by atoms with Crippen LogP contribution in [0.3, 0.4) is 0 Å². The fourth-order valence-corrected chi connectivity index (χ4v) is 2.12. The van der Waals surface area contributed by atoms with Gasteiger partial charge in [0, 0.05) is 6.54 Å². The van der Waals surface area contributed by atoms with Gasteiger partial charge in [0.25, 0.3) is 0 Å². The minimum Gasteiger partial charge on any atom is -0.481 e. The van der Waals surface area contributed by atoms with Crippen molar-refractivity contribution in [2.75, 3.05) is 27.2 Å². The van der Waals surface area contributed by atoms with E-state index < -0.39 is 11.5 Å². The molecule has 0 radical (unpaired) electrons. The predicted octanol–water partition coefficient (Wildman–Crippen LogP) is 0.635. The third kappa shape index (κ3) is 4.91. The molecule has 1 fully saturated rings. The lowest BCUT2D eigenvalue weighted by Gasteiger charge is -2.41. The highest BCUT2D eigenvalue weighted by atomic mass is 16.4. The zero-order valence-corrected chi connectivity index (χ0v) is 11.2. The van der Waals surface area contributed by atoms with Crippen molar-refractivity contribution in [1.29, 1.82) is 0 Å². The number of urea groups is 1. The van der Waals surface area contributed by atoms with Gasteiger partial charge in [-0.25, -0.2) is 4.79 Å². The van der Waals surface area contributed by atoms with Crippen LogP contribution in [-0.2, 0) is 4.79 Å². The number of carbonyl (C=O) groups excluding carboxylic acids is 1. The maximum atomic E-state index is 11.6. The normalized spacial score (nSPS) is 17.1. The number of carboxylic acid groups (broad SMARTS) is 1. The third-order valence-corrected chi connectivity index (χ3v) is 3.25. The fourth-order valence-electron chi connectivity index (χ4n) is 2.12. The first-order valence-corrected chi connectivity index (χ1v) is 6.36. The highest BCUT2D eigenvalue weighted by Crippen LogP contribution is 2.34. The van der Waals surface area contributed by atoms with E-state index in [-0.39, 0.29) is 12.5 Å². The number of carboxylic acids is 1. The van der Waals surface area contributed by atoms with Crippen LogP contribution in [0.4, 0.5) is 4.79 Å². The summed E-state index contributed by atoms with van der Waals surface area (Å²) in [6, 6.07) is -0.255. The highest BCUT2D eigenvalue weighted by molar-refractivity contribution is 5.77. The minimum atomic E-state index is -0.859. The molecule has 18 heavy (non-hydrogen) atoms. The first-order chi connectivity index (χ1) is 8.43. The van der Waals surface area contributed by atoms with Crippen molar-refractivity contribution in [3.8, 4) is 0 Å². The molecule has 1 aliphatic carbocycles. The molecule has 1 rings (SSSR count). The lowest BCUT2D eigenvalue weighted by atomic mass is 9.74. The molecule has 0 bridgehead atoms. The maximum absolute atomic E-state index is 11.6. The van der Waals surface area contributed by atoms with Crippen molar-refractivity contribution in [2.45, 2.75) is 37.6 Å². The van der Waals surface area contributed by atoms with Crippen molar-refractivity contribution < 1.29 is 14.7 Å². The summed E-state index contributed by atoms with van der Waals surface area (Å²) in [5, 5.41) is 14.4. The second kappa shape index (κ2) is 6.58. The molecule has 1 saturated carbocycles. The van der Waals surface area contributed by atoms with Crippen molar-refractivity contribution in [3.63, 3.8) is 0 Å². The summed E-state index contributed by atoms with van der Waals surface area (Å²) in [5.74, 6) is -0.859. The van der Waals surface area contributed by atoms with Crippen LogP contribution in [0.5, 0.6) is 0 Å². The molecule has 0 aromatic rings. The van der Waals surface area contributed by atoms with E-state index in [4.69, 9.17) is 5.11 Å². The molecule has 6 nitrogen and oxygen atoms in total. The topological polar surface area (TPSA) is 81.7 Å². The second-order valence-electron chi connectivity index (χ2n) is 5.24. The quantitative estimate of drug-likeness (QED) is 0.584. The van der Waals surface area contributed by atoms with Gasteiger partial charge in [0.2, 0.25) is 0 Å². The van der Waals surface area contributed by atoms with Gasteiger partial charge in [-0.05, 0) is 46.3 Å². The summed E-state index contributed by atoms with van der Waals surface area (Å²) in [7, 11) is 3.96. The molecule has 0 atom stereocenters. The van der Waals surface area contributed by atoms with Crippen LogP contribution in [-0.4, -0.2) is 54.7 Å². The van der Waals surface area contributed by atoms with Crippen molar-refractivity contribution in [2.24, 2.45) is 0 Å². The van der Waals surface area contributed by atoms with E-state index in [1.807, 2.05) is 14.1 Å². The van der Waals surface area contributed by atoms with Gasteiger partial charge < -0.3 is 20.6 Å². The highest BCUT2D eigenvalue weighted by Gasteiger charge is 2.40. The molecule has 0 aliphatic heterocycles. The van der Waals surface area contributed by atoms with Gasteiger partial charge in [-0.2, -0.15) is 0 Å². The zero-order valence-electron chi connectivity index (χ0n) is 11.2. The van der Waals surface area contributed by atoms with Gasteiger partial charge in [-0.1, -0.05) is 0 Å². The SMILES string of the molecule is CN(C)CCCNC(=O)NC1(CC(=O)O)CCC1. The maximum Gasteiger partial charge on any atom is 0.315 e. The smallest absolute Gasteiger partial charge is 0.315 e. The summed E-state index contributed by atoms with van der Waals surface area (Å²) in [5.41, 5.74) is -0.516.